The van der Waals surface area contributed by atoms with E-state index in [1.807, 2.05) is 44.2 Å². The van der Waals surface area contributed by atoms with Crippen molar-refractivity contribution in [1.82, 2.24) is 13.8 Å². The molecule has 3 atom stereocenters. The summed E-state index contributed by atoms with van der Waals surface area (Å²) in [5.74, 6) is -3.51. The fraction of sp³-hybridized carbons (Fsp3) is 0.429. The van der Waals surface area contributed by atoms with E-state index in [4.69, 9.17) is 4.74 Å². The Hall–Kier alpha value is -1.98. The van der Waals surface area contributed by atoms with Crippen LogP contribution in [0.4, 0.5) is 4.39 Å². The Balaban J connectivity index is 1.61. The lowest BCUT2D eigenvalue weighted by molar-refractivity contribution is -0.201. The summed E-state index contributed by atoms with van der Waals surface area (Å²) < 4.78 is 22.6. The van der Waals surface area contributed by atoms with Crippen LogP contribution in [-0.2, 0) is 14.3 Å². The van der Waals surface area contributed by atoms with Crippen LogP contribution in [0.1, 0.15) is 32.4 Å². The highest BCUT2D eigenvalue weighted by molar-refractivity contribution is 14.2. The summed E-state index contributed by atoms with van der Waals surface area (Å²) in [7, 11) is 0. The molecule has 1 saturated heterocycles. The number of alkyl halides is 1. The highest BCUT2D eigenvalue weighted by Crippen LogP contribution is 2.36. The van der Waals surface area contributed by atoms with E-state index in [1.54, 1.807) is 6.20 Å². The Morgan fingerprint density at radius 3 is 2.93 bits per heavy atom. The zero-order chi connectivity index (χ0) is 21.5. The fourth-order valence-electron chi connectivity index (χ4n) is 3.82. The van der Waals surface area contributed by atoms with Gasteiger partial charge >= 0.3 is 5.97 Å². The van der Waals surface area contributed by atoms with Crippen LogP contribution < -0.4 is 8.85 Å². The van der Waals surface area contributed by atoms with Crippen LogP contribution >= 0.6 is 21.0 Å². The second-order valence-corrected chi connectivity index (χ2v) is 10.3. The van der Waals surface area contributed by atoms with Crippen molar-refractivity contribution in [2.24, 2.45) is 5.92 Å². The van der Waals surface area contributed by atoms with E-state index in [-0.39, 0.29) is 18.2 Å². The SMILES string of the molecule is CC(C)[C@@]1(C(=O)N[C@H]2CC(=O)O[C@]2(O)CF)CC(c2nccc3ccccc23)=IN1. The molecule has 2 aliphatic rings. The van der Waals surface area contributed by atoms with Crippen LogP contribution in [0.5, 0.6) is 0 Å². The number of pyridine rings is 1. The van der Waals surface area contributed by atoms with Crippen LogP contribution in [0.3, 0.4) is 0 Å². The number of rotatable bonds is 5. The lowest BCUT2D eigenvalue weighted by atomic mass is 9.81. The zero-order valence-electron chi connectivity index (χ0n) is 16.6. The highest BCUT2D eigenvalue weighted by atomic mass is 127. The third-order valence-corrected chi connectivity index (χ3v) is 8.56. The van der Waals surface area contributed by atoms with Crippen molar-refractivity contribution in [3.63, 3.8) is 0 Å². The van der Waals surface area contributed by atoms with Gasteiger partial charge in [-0.05, 0) is 38.4 Å². The number of halogens is 2. The van der Waals surface area contributed by atoms with Crippen molar-refractivity contribution in [3.8, 4) is 0 Å². The number of carbonyl (C=O) groups is 2. The minimum Gasteiger partial charge on any atom is -0.428 e. The zero-order valence-corrected chi connectivity index (χ0v) is 18.8. The number of cyclic esters (lactones) is 1. The monoisotopic (exact) mass is 527 g/mol. The van der Waals surface area contributed by atoms with Crippen molar-refractivity contribution in [2.45, 2.75) is 44.1 Å². The third-order valence-electron chi connectivity index (χ3n) is 5.79. The molecule has 2 aliphatic heterocycles. The number of aromatic nitrogens is 1. The van der Waals surface area contributed by atoms with Crippen LogP contribution in [0, 0.1) is 5.92 Å². The van der Waals surface area contributed by atoms with E-state index >= 15 is 0 Å². The summed E-state index contributed by atoms with van der Waals surface area (Å²) >= 11 is -0.682. The Bertz CT molecular complexity index is 1040. The lowest BCUT2D eigenvalue weighted by Gasteiger charge is -2.35. The van der Waals surface area contributed by atoms with E-state index in [0.29, 0.717) is 6.42 Å². The van der Waals surface area contributed by atoms with Gasteiger partial charge in [-0.2, -0.15) is 0 Å². The Morgan fingerprint density at radius 1 is 1.43 bits per heavy atom. The number of hydrogen-bond donors (Lipinski definition) is 3. The molecular weight excluding hydrogens is 504 g/mol. The predicted molar refractivity (Wildman–Crippen MR) is 119 cm³/mol. The molecular formula is C21H23FIN3O4. The van der Waals surface area contributed by atoms with E-state index < -0.39 is 51.0 Å². The third kappa shape index (κ3) is 3.52. The molecule has 0 radical (unpaired) electrons. The number of carbonyl (C=O) groups excluding carboxylic acids is 2. The van der Waals surface area contributed by atoms with Gasteiger partial charge in [0.05, 0.1) is 12.1 Å². The summed E-state index contributed by atoms with van der Waals surface area (Å²) in [6, 6.07) is 8.81. The maximum Gasteiger partial charge on any atom is 0.310 e. The molecule has 160 valence electrons. The van der Waals surface area contributed by atoms with Crippen molar-refractivity contribution in [3.05, 3.63) is 42.2 Å². The number of nitrogens with zero attached hydrogens (tertiary/aromatic N) is 1. The number of hydrogen-bond acceptors (Lipinski definition) is 6. The van der Waals surface area contributed by atoms with Crippen molar-refractivity contribution in [2.75, 3.05) is 6.67 Å². The molecule has 3 N–H and O–H groups in total. The molecule has 0 unspecified atom stereocenters. The average Bonchev–Trinajstić information content (AvgIpc) is 3.30. The van der Waals surface area contributed by atoms with Gasteiger partial charge in [-0.25, -0.2) is 4.39 Å². The number of amides is 1. The molecule has 0 spiro atoms. The standard InChI is InChI=1S/C21H23FIN3O4/c1-12(2)20(19(28)25-16-9-17(27)30-21(16,29)11-22)10-15(23-26-20)18-14-6-4-3-5-13(14)7-8-24-18/h3-8,12,16,26,29H,9-11H2,1-2H3,(H,25,28)/t16-,20+,21+/m0/s1. The summed E-state index contributed by atoms with van der Waals surface area (Å²) in [5.41, 5.74) is -0.0345. The van der Waals surface area contributed by atoms with Crippen molar-refractivity contribution < 1.29 is 23.8 Å². The topological polar surface area (TPSA) is 101 Å². The predicted octanol–water partition coefficient (Wildman–Crippen LogP) is 2.12. The average molecular weight is 527 g/mol. The number of benzene rings is 1. The smallest absolute Gasteiger partial charge is 0.310 e. The second kappa shape index (κ2) is 7.93. The number of nitrogens with one attached hydrogen (secondary N) is 2. The molecule has 4 rings (SSSR count). The van der Waals surface area contributed by atoms with Gasteiger partial charge in [-0.3, -0.25) is 18.1 Å². The molecule has 0 bridgehead atoms. The molecule has 1 amide bonds. The first-order chi connectivity index (χ1) is 14.3. The summed E-state index contributed by atoms with van der Waals surface area (Å²) in [5, 5.41) is 15.0. The number of fused-ring (bicyclic) bond motifs is 1. The lowest BCUT2D eigenvalue weighted by Crippen LogP contribution is -2.61. The van der Waals surface area contributed by atoms with Crippen LogP contribution in [0.25, 0.3) is 10.8 Å². The quantitative estimate of drug-likeness (QED) is 0.313. The molecule has 1 aromatic heterocycles. The Morgan fingerprint density at radius 2 is 2.20 bits per heavy atom. The summed E-state index contributed by atoms with van der Waals surface area (Å²) in [4.78, 5) is 29.5. The van der Waals surface area contributed by atoms with Crippen molar-refractivity contribution in [1.29, 1.82) is 0 Å². The van der Waals surface area contributed by atoms with Gasteiger partial charge in [0.2, 0.25) is 5.91 Å². The van der Waals surface area contributed by atoms with Gasteiger partial charge in [0.25, 0.3) is 5.79 Å². The van der Waals surface area contributed by atoms with E-state index in [0.717, 1.165) is 20.0 Å². The Labute approximate surface area is 183 Å². The number of esters is 1. The van der Waals surface area contributed by atoms with Gasteiger partial charge in [0.1, 0.15) is 11.6 Å². The number of ether oxygens (including phenoxy) is 1. The van der Waals surface area contributed by atoms with Crippen molar-refractivity contribution >= 4 is 47.2 Å². The van der Waals surface area contributed by atoms with E-state index in [2.05, 4.69) is 13.8 Å². The van der Waals surface area contributed by atoms with Crippen LogP contribution in [-0.4, -0.2) is 49.5 Å². The molecule has 9 heteroatoms. The number of aliphatic hydroxyl groups is 1. The minimum atomic E-state index is -2.32. The molecule has 2 aromatic rings. The summed E-state index contributed by atoms with van der Waals surface area (Å²) in [6.07, 6.45) is 1.96. The van der Waals surface area contributed by atoms with Crippen LogP contribution in [0.15, 0.2) is 36.5 Å². The van der Waals surface area contributed by atoms with Crippen LogP contribution in [0.2, 0.25) is 0 Å². The summed E-state index contributed by atoms with van der Waals surface area (Å²) in [6.45, 7) is 2.59. The molecule has 1 aromatic carbocycles. The molecule has 7 nitrogen and oxygen atoms in total. The Kier molecular flexibility index (Phi) is 5.62. The van der Waals surface area contributed by atoms with Gasteiger partial charge < -0.3 is 15.2 Å². The first kappa shape index (κ1) is 21.3. The normalized spacial score (nSPS) is 28.9. The highest BCUT2D eigenvalue weighted by Gasteiger charge is 2.53. The van der Waals surface area contributed by atoms with E-state index in [9.17, 15) is 19.1 Å². The largest absolute Gasteiger partial charge is 0.428 e. The van der Waals surface area contributed by atoms with Gasteiger partial charge in [0.15, 0.2) is 6.67 Å². The molecule has 3 heterocycles. The molecule has 0 saturated carbocycles. The van der Waals surface area contributed by atoms with Gasteiger partial charge in [-0.15, -0.1) is 0 Å². The fourth-order valence-corrected chi connectivity index (χ4v) is 7.17. The maximum atomic E-state index is 13.3. The molecule has 30 heavy (non-hydrogen) atoms. The molecule has 1 fully saturated rings. The van der Waals surface area contributed by atoms with Gasteiger partial charge in [-0.1, -0.05) is 38.1 Å². The van der Waals surface area contributed by atoms with Gasteiger partial charge in [0, 0.05) is 21.5 Å². The first-order valence-electron chi connectivity index (χ1n) is 9.71. The molecule has 0 aliphatic carbocycles. The maximum absolute atomic E-state index is 13.3. The first-order valence-corrected chi connectivity index (χ1v) is 11.9. The second-order valence-electron chi connectivity index (χ2n) is 7.96. The minimum absolute atomic E-state index is 0.0823. The van der Waals surface area contributed by atoms with E-state index in [1.165, 1.54) is 0 Å².